The zero-order valence-corrected chi connectivity index (χ0v) is 15.6. The van der Waals surface area contributed by atoms with Gasteiger partial charge in [0.1, 0.15) is 0 Å². The van der Waals surface area contributed by atoms with Crippen molar-refractivity contribution >= 4 is 5.91 Å². The van der Waals surface area contributed by atoms with Crippen LogP contribution in [-0.4, -0.2) is 25.7 Å². The standard InChI is InChI=1S/C21H31NO3/c1-3-24-19-8-6-15(13-20(19)25-4-2)9-10-22-21(23)14-18-12-16-5-7-17(18)11-16/h6,8,13,16-18H,3-5,7,9-12,14H2,1-2H3,(H,22,23)/t16-,17-,18+/m0/s1. The Morgan fingerprint density at radius 2 is 1.92 bits per heavy atom. The SMILES string of the molecule is CCOc1ccc(CCNC(=O)C[C@H]2C[C@H]3CC[C@H]2C3)cc1OCC. The molecule has 0 unspecified atom stereocenters. The molecule has 0 spiro atoms. The Morgan fingerprint density at radius 3 is 2.60 bits per heavy atom. The van der Waals surface area contributed by atoms with Crippen molar-refractivity contribution in [3.05, 3.63) is 23.8 Å². The average molecular weight is 345 g/mol. The number of hydrogen-bond acceptors (Lipinski definition) is 3. The van der Waals surface area contributed by atoms with Gasteiger partial charge in [0.2, 0.25) is 5.91 Å². The summed E-state index contributed by atoms with van der Waals surface area (Å²) in [6.45, 7) is 5.86. The first kappa shape index (κ1) is 18.1. The molecule has 1 aromatic rings. The molecule has 0 saturated heterocycles. The number of hydrogen-bond donors (Lipinski definition) is 1. The molecule has 1 amide bonds. The Labute approximate surface area is 151 Å². The van der Waals surface area contributed by atoms with Gasteiger partial charge < -0.3 is 14.8 Å². The highest BCUT2D eigenvalue weighted by Crippen LogP contribution is 2.49. The van der Waals surface area contributed by atoms with E-state index in [2.05, 4.69) is 11.4 Å². The smallest absolute Gasteiger partial charge is 0.220 e. The fourth-order valence-electron chi connectivity index (χ4n) is 4.53. The third-order valence-electron chi connectivity index (χ3n) is 5.68. The molecule has 2 fully saturated rings. The van der Waals surface area contributed by atoms with Crippen molar-refractivity contribution in [3.8, 4) is 11.5 Å². The molecule has 2 bridgehead atoms. The van der Waals surface area contributed by atoms with Gasteiger partial charge in [-0.1, -0.05) is 12.5 Å². The molecule has 0 aromatic heterocycles. The molecular formula is C21H31NO3. The van der Waals surface area contributed by atoms with Crippen LogP contribution in [0.5, 0.6) is 11.5 Å². The average Bonchev–Trinajstić information content (AvgIpc) is 3.20. The lowest BCUT2D eigenvalue weighted by atomic mass is 9.86. The van der Waals surface area contributed by atoms with Gasteiger partial charge in [0.25, 0.3) is 0 Å². The van der Waals surface area contributed by atoms with Gasteiger partial charge in [0, 0.05) is 13.0 Å². The minimum Gasteiger partial charge on any atom is -0.490 e. The highest BCUT2D eigenvalue weighted by atomic mass is 16.5. The minimum atomic E-state index is 0.216. The fraction of sp³-hybridized carbons (Fsp3) is 0.667. The number of benzene rings is 1. The Kier molecular flexibility index (Phi) is 6.22. The van der Waals surface area contributed by atoms with Crippen LogP contribution in [0.25, 0.3) is 0 Å². The number of carbonyl (C=O) groups is 1. The first-order valence-electron chi connectivity index (χ1n) is 9.84. The zero-order valence-electron chi connectivity index (χ0n) is 15.6. The molecule has 2 aliphatic carbocycles. The number of amides is 1. The molecule has 25 heavy (non-hydrogen) atoms. The Balaban J connectivity index is 1.44. The van der Waals surface area contributed by atoms with Gasteiger partial charge in [0.15, 0.2) is 11.5 Å². The van der Waals surface area contributed by atoms with Crippen molar-refractivity contribution in [2.24, 2.45) is 17.8 Å². The zero-order chi connectivity index (χ0) is 17.6. The molecule has 4 heteroatoms. The van der Waals surface area contributed by atoms with Crippen LogP contribution in [0.1, 0.15) is 51.5 Å². The Hall–Kier alpha value is -1.71. The first-order chi connectivity index (χ1) is 12.2. The molecule has 2 saturated carbocycles. The molecule has 0 heterocycles. The van der Waals surface area contributed by atoms with Crippen molar-refractivity contribution in [3.63, 3.8) is 0 Å². The fourth-order valence-corrected chi connectivity index (χ4v) is 4.53. The lowest BCUT2D eigenvalue weighted by Crippen LogP contribution is -2.29. The first-order valence-corrected chi connectivity index (χ1v) is 9.84. The van der Waals surface area contributed by atoms with Crippen LogP contribution in [0.15, 0.2) is 18.2 Å². The second kappa shape index (κ2) is 8.59. The summed E-state index contributed by atoms with van der Waals surface area (Å²) in [5.41, 5.74) is 1.16. The van der Waals surface area contributed by atoms with E-state index in [9.17, 15) is 4.79 Å². The van der Waals surface area contributed by atoms with E-state index in [0.29, 0.717) is 32.1 Å². The molecule has 1 N–H and O–H groups in total. The van der Waals surface area contributed by atoms with E-state index in [1.54, 1.807) is 0 Å². The van der Waals surface area contributed by atoms with E-state index in [4.69, 9.17) is 9.47 Å². The van der Waals surface area contributed by atoms with Crippen LogP contribution in [0.4, 0.5) is 0 Å². The van der Waals surface area contributed by atoms with Gasteiger partial charge in [-0.15, -0.1) is 0 Å². The molecule has 3 atom stereocenters. The van der Waals surface area contributed by atoms with Gasteiger partial charge in [-0.05, 0) is 75.0 Å². The van der Waals surface area contributed by atoms with Crippen molar-refractivity contribution in [2.45, 2.75) is 52.4 Å². The summed E-state index contributed by atoms with van der Waals surface area (Å²) in [5, 5.41) is 3.10. The highest BCUT2D eigenvalue weighted by Gasteiger charge is 2.39. The van der Waals surface area contributed by atoms with Crippen LogP contribution in [-0.2, 0) is 11.2 Å². The summed E-state index contributed by atoms with van der Waals surface area (Å²) in [7, 11) is 0. The van der Waals surface area contributed by atoms with E-state index >= 15 is 0 Å². The molecule has 4 nitrogen and oxygen atoms in total. The summed E-state index contributed by atoms with van der Waals surface area (Å²) in [6, 6.07) is 6.03. The van der Waals surface area contributed by atoms with E-state index in [0.717, 1.165) is 35.3 Å². The maximum atomic E-state index is 12.2. The second-order valence-corrected chi connectivity index (χ2v) is 7.39. The van der Waals surface area contributed by atoms with Gasteiger partial charge in [0.05, 0.1) is 13.2 Å². The molecule has 138 valence electrons. The lowest BCUT2D eigenvalue weighted by molar-refractivity contribution is -0.122. The number of fused-ring (bicyclic) bond motifs is 2. The van der Waals surface area contributed by atoms with Crippen LogP contribution in [0, 0.1) is 17.8 Å². The topological polar surface area (TPSA) is 47.6 Å². The lowest BCUT2D eigenvalue weighted by Gasteiger charge is -2.20. The van der Waals surface area contributed by atoms with Crippen molar-refractivity contribution < 1.29 is 14.3 Å². The Morgan fingerprint density at radius 1 is 1.12 bits per heavy atom. The molecule has 0 radical (unpaired) electrons. The van der Waals surface area contributed by atoms with Crippen LogP contribution in [0.2, 0.25) is 0 Å². The third-order valence-corrected chi connectivity index (χ3v) is 5.68. The van der Waals surface area contributed by atoms with Gasteiger partial charge in [-0.3, -0.25) is 4.79 Å². The molecule has 3 rings (SSSR count). The summed E-state index contributed by atoms with van der Waals surface area (Å²) >= 11 is 0. The number of nitrogens with one attached hydrogen (secondary N) is 1. The van der Waals surface area contributed by atoms with E-state index in [1.165, 1.54) is 25.7 Å². The summed E-state index contributed by atoms with van der Waals surface area (Å²) < 4.78 is 11.3. The minimum absolute atomic E-state index is 0.216. The van der Waals surface area contributed by atoms with Crippen LogP contribution >= 0.6 is 0 Å². The summed E-state index contributed by atoms with van der Waals surface area (Å²) in [5.74, 6) is 4.14. The molecule has 1 aromatic carbocycles. The van der Waals surface area contributed by atoms with Gasteiger partial charge >= 0.3 is 0 Å². The van der Waals surface area contributed by atoms with E-state index in [1.807, 2.05) is 26.0 Å². The predicted molar refractivity (Wildman–Crippen MR) is 99.0 cm³/mol. The quantitative estimate of drug-likeness (QED) is 0.737. The summed E-state index contributed by atoms with van der Waals surface area (Å²) in [6.07, 6.45) is 6.90. The maximum Gasteiger partial charge on any atom is 0.220 e. The van der Waals surface area contributed by atoms with Crippen LogP contribution < -0.4 is 14.8 Å². The van der Waals surface area contributed by atoms with Crippen molar-refractivity contribution in [1.29, 1.82) is 0 Å². The number of ether oxygens (including phenoxy) is 2. The number of carbonyl (C=O) groups excluding carboxylic acids is 1. The van der Waals surface area contributed by atoms with E-state index in [-0.39, 0.29) is 5.91 Å². The maximum absolute atomic E-state index is 12.2. The normalized spacial score (nSPS) is 24.3. The predicted octanol–water partition coefficient (Wildman–Crippen LogP) is 3.97. The summed E-state index contributed by atoms with van der Waals surface area (Å²) in [4.78, 5) is 12.2. The monoisotopic (exact) mass is 345 g/mol. The molecular weight excluding hydrogens is 314 g/mol. The van der Waals surface area contributed by atoms with Crippen molar-refractivity contribution in [1.82, 2.24) is 5.32 Å². The highest BCUT2D eigenvalue weighted by molar-refractivity contribution is 5.76. The second-order valence-electron chi connectivity index (χ2n) is 7.39. The van der Waals surface area contributed by atoms with Gasteiger partial charge in [-0.2, -0.15) is 0 Å². The number of rotatable bonds is 9. The van der Waals surface area contributed by atoms with Crippen LogP contribution in [0.3, 0.4) is 0 Å². The van der Waals surface area contributed by atoms with Gasteiger partial charge in [-0.25, -0.2) is 0 Å². The third kappa shape index (κ3) is 4.68. The molecule has 2 aliphatic rings. The molecule has 0 aliphatic heterocycles. The van der Waals surface area contributed by atoms with E-state index < -0.39 is 0 Å². The largest absolute Gasteiger partial charge is 0.490 e. The van der Waals surface area contributed by atoms with Crippen molar-refractivity contribution in [2.75, 3.05) is 19.8 Å². The Bertz CT molecular complexity index is 587.